The summed E-state index contributed by atoms with van der Waals surface area (Å²) in [6.07, 6.45) is 0.932. The lowest BCUT2D eigenvalue weighted by molar-refractivity contribution is -0.122. The van der Waals surface area contributed by atoms with E-state index in [0.29, 0.717) is 26.3 Å². The number of fused-ring (bicyclic) bond motifs is 1. The third-order valence-corrected chi connectivity index (χ3v) is 4.95. The number of rotatable bonds is 5. The zero-order valence-corrected chi connectivity index (χ0v) is 14.8. The van der Waals surface area contributed by atoms with E-state index >= 15 is 0 Å². The van der Waals surface area contributed by atoms with E-state index in [1.54, 1.807) is 0 Å². The van der Waals surface area contributed by atoms with E-state index in [1.165, 1.54) is 5.56 Å². The van der Waals surface area contributed by atoms with Crippen LogP contribution in [0.4, 0.5) is 5.69 Å². The lowest BCUT2D eigenvalue weighted by Gasteiger charge is -2.33. The zero-order chi connectivity index (χ0) is 17.8. The van der Waals surface area contributed by atoms with E-state index in [2.05, 4.69) is 11.0 Å². The monoisotopic (exact) mass is 352 g/mol. The minimum Gasteiger partial charge on any atom is -0.491 e. The normalized spacial score (nSPS) is 20.0. The van der Waals surface area contributed by atoms with Crippen molar-refractivity contribution >= 4 is 11.6 Å². The molecule has 2 aliphatic rings. The van der Waals surface area contributed by atoms with Crippen molar-refractivity contribution in [1.82, 2.24) is 4.90 Å². The molecule has 1 amide bonds. The van der Waals surface area contributed by atoms with Crippen LogP contribution in [0.2, 0.25) is 0 Å². The van der Waals surface area contributed by atoms with Crippen molar-refractivity contribution in [3.63, 3.8) is 0 Å². The summed E-state index contributed by atoms with van der Waals surface area (Å²) in [5.74, 6) is 1.01. The zero-order valence-electron chi connectivity index (χ0n) is 14.8. The molecular weight excluding hydrogens is 328 g/mol. The number of carbonyl (C=O) groups excluding carboxylic acids is 1. The van der Waals surface area contributed by atoms with Crippen molar-refractivity contribution in [2.45, 2.75) is 12.5 Å². The van der Waals surface area contributed by atoms with E-state index in [1.807, 2.05) is 53.4 Å². The first-order valence-electron chi connectivity index (χ1n) is 9.20. The molecular formula is C21H24N2O3. The Morgan fingerprint density at radius 1 is 1.08 bits per heavy atom. The van der Waals surface area contributed by atoms with Crippen LogP contribution in [0.25, 0.3) is 0 Å². The average Bonchev–Trinajstić information content (AvgIpc) is 3.12. The molecule has 1 fully saturated rings. The van der Waals surface area contributed by atoms with Gasteiger partial charge in [0.15, 0.2) is 0 Å². The Morgan fingerprint density at radius 2 is 1.88 bits per heavy atom. The molecule has 2 aromatic carbocycles. The third kappa shape index (κ3) is 3.89. The molecule has 5 heteroatoms. The second-order valence-electron chi connectivity index (χ2n) is 6.78. The third-order valence-electron chi connectivity index (χ3n) is 4.95. The Bertz CT molecular complexity index is 750. The minimum absolute atomic E-state index is 0.0115. The average molecular weight is 352 g/mol. The standard InChI is InChI=1S/C21H24N2O3/c24-21(23-11-10-17-6-4-5-9-20(17)23)15-22-12-13-25-19(14-22)16-26-18-7-2-1-3-8-18/h1-9,19H,10-16H2. The van der Waals surface area contributed by atoms with Crippen molar-refractivity contribution in [1.29, 1.82) is 0 Å². The van der Waals surface area contributed by atoms with Gasteiger partial charge < -0.3 is 14.4 Å². The molecule has 4 rings (SSSR count). The van der Waals surface area contributed by atoms with Crippen molar-refractivity contribution in [2.24, 2.45) is 0 Å². The number of ether oxygens (including phenoxy) is 2. The van der Waals surface area contributed by atoms with Gasteiger partial charge in [-0.3, -0.25) is 9.69 Å². The molecule has 26 heavy (non-hydrogen) atoms. The summed E-state index contributed by atoms with van der Waals surface area (Å²) in [7, 11) is 0. The molecule has 0 N–H and O–H groups in total. The van der Waals surface area contributed by atoms with Crippen LogP contribution < -0.4 is 9.64 Å². The van der Waals surface area contributed by atoms with Gasteiger partial charge in [0, 0.05) is 25.3 Å². The molecule has 5 nitrogen and oxygen atoms in total. The maximum absolute atomic E-state index is 12.8. The fraction of sp³-hybridized carbons (Fsp3) is 0.381. The molecule has 0 bridgehead atoms. The SMILES string of the molecule is O=C(CN1CCOC(COc2ccccc2)C1)N1CCc2ccccc21. The van der Waals surface area contributed by atoms with Crippen molar-refractivity contribution in [3.05, 3.63) is 60.2 Å². The Kier molecular flexibility index (Phi) is 5.18. The molecule has 0 aromatic heterocycles. The highest BCUT2D eigenvalue weighted by atomic mass is 16.5. The van der Waals surface area contributed by atoms with E-state index in [0.717, 1.165) is 30.9 Å². The van der Waals surface area contributed by atoms with Crippen molar-refractivity contribution in [2.75, 3.05) is 44.3 Å². The summed E-state index contributed by atoms with van der Waals surface area (Å²) in [5, 5.41) is 0. The van der Waals surface area contributed by atoms with E-state index in [4.69, 9.17) is 9.47 Å². The molecule has 1 saturated heterocycles. The molecule has 2 aliphatic heterocycles. The van der Waals surface area contributed by atoms with Crippen LogP contribution in [0.1, 0.15) is 5.56 Å². The summed E-state index contributed by atoms with van der Waals surface area (Å²) in [6, 6.07) is 17.9. The Hall–Kier alpha value is -2.37. The summed E-state index contributed by atoms with van der Waals surface area (Å²) >= 11 is 0. The van der Waals surface area contributed by atoms with Crippen molar-refractivity contribution in [3.8, 4) is 5.75 Å². The van der Waals surface area contributed by atoms with Gasteiger partial charge in [0.05, 0.1) is 13.2 Å². The van der Waals surface area contributed by atoms with Crippen LogP contribution in [-0.4, -0.2) is 56.3 Å². The number of carbonyl (C=O) groups is 1. The first-order valence-corrected chi connectivity index (χ1v) is 9.20. The molecule has 2 heterocycles. The maximum atomic E-state index is 12.8. The largest absolute Gasteiger partial charge is 0.491 e. The number of para-hydroxylation sites is 2. The molecule has 0 saturated carbocycles. The molecule has 0 spiro atoms. The van der Waals surface area contributed by atoms with Crippen LogP contribution in [0.5, 0.6) is 5.75 Å². The quantitative estimate of drug-likeness (QED) is 0.828. The van der Waals surface area contributed by atoms with E-state index in [-0.39, 0.29) is 12.0 Å². The lowest BCUT2D eigenvalue weighted by atomic mass is 10.2. The number of benzene rings is 2. The summed E-state index contributed by atoms with van der Waals surface area (Å²) in [6.45, 7) is 3.84. The van der Waals surface area contributed by atoms with Crippen LogP contribution in [-0.2, 0) is 16.0 Å². The molecule has 1 atom stereocenters. The van der Waals surface area contributed by atoms with Gasteiger partial charge in [0.1, 0.15) is 18.5 Å². The highest BCUT2D eigenvalue weighted by Gasteiger charge is 2.28. The lowest BCUT2D eigenvalue weighted by Crippen LogP contribution is -2.49. The predicted molar refractivity (Wildman–Crippen MR) is 101 cm³/mol. The van der Waals surface area contributed by atoms with Gasteiger partial charge >= 0.3 is 0 Å². The number of morpholine rings is 1. The number of anilines is 1. The summed E-state index contributed by atoms with van der Waals surface area (Å²) in [4.78, 5) is 16.9. The fourth-order valence-electron chi connectivity index (χ4n) is 3.60. The van der Waals surface area contributed by atoms with Crippen LogP contribution in [0, 0.1) is 0 Å². The van der Waals surface area contributed by atoms with Gasteiger partial charge in [-0.15, -0.1) is 0 Å². The Balaban J connectivity index is 1.30. The van der Waals surface area contributed by atoms with Crippen LogP contribution >= 0.6 is 0 Å². The predicted octanol–water partition coefficient (Wildman–Crippen LogP) is 2.36. The smallest absolute Gasteiger partial charge is 0.241 e. The van der Waals surface area contributed by atoms with Gasteiger partial charge in [0.2, 0.25) is 5.91 Å². The van der Waals surface area contributed by atoms with Crippen molar-refractivity contribution < 1.29 is 14.3 Å². The Labute approximate surface area is 154 Å². The molecule has 1 unspecified atom stereocenters. The maximum Gasteiger partial charge on any atom is 0.241 e. The van der Waals surface area contributed by atoms with E-state index < -0.39 is 0 Å². The van der Waals surface area contributed by atoms with Gasteiger partial charge in [0.25, 0.3) is 0 Å². The molecule has 136 valence electrons. The first-order chi connectivity index (χ1) is 12.8. The molecule has 0 aliphatic carbocycles. The number of amides is 1. The minimum atomic E-state index is -0.0115. The van der Waals surface area contributed by atoms with Crippen LogP contribution in [0.3, 0.4) is 0 Å². The number of hydrogen-bond acceptors (Lipinski definition) is 4. The van der Waals surface area contributed by atoms with E-state index in [9.17, 15) is 4.79 Å². The Morgan fingerprint density at radius 3 is 2.77 bits per heavy atom. The van der Waals surface area contributed by atoms with Crippen LogP contribution in [0.15, 0.2) is 54.6 Å². The summed E-state index contributed by atoms with van der Waals surface area (Å²) in [5.41, 5.74) is 2.33. The highest BCUT2D eigenvalue weighted by molar-refractivity contribution is 5.96. The second-order valence-corrected chi connectivity index (χ2v) is 6.78. The fourth-order valence-corrected chi connectivity index (χ4v) is 3.60. The topological polar surface area (TPSA) is 42.0 Å². The highest BCUT2D eigenvalue weighted by Crippen LogP contribution is 2.27. The van der Waals surface area contributed by atoms with Gasteiger partial charge in [-0.2, -0.15) is 0 Å². The summed E-state index contributed by atoms with van der Waals surface area (Å²) < 4.78 is 11.6. The first kappa shape index (κ1) is 17.1. The number of hydrogen-bond donors (Lipinski definition) is 0. The second kappa shape index (κ2) is 7.89. The number of nitrogens with zero attached hydrogens (tertiary/aromatic N) is 2. The molecule has 2 aromatic rings. The van der Waals surface area contributed by atoms with Gasteiger partial charge in [-0.1, -0.05) is 36.4 Å². The molecule has 0 radical (unpaired) electrons. The van der Waals surface area contributed by atoms with Gasteiger partial charge in [-0.25, -0.2) is 0 Å². The van der Waals surface area contributed by atoms with Gasteiger partial charge in [-0.05, 0) is 30.2 Å².